The number of hydrogen-bond acceptors (Lipinski definition) is 3. The lowest BCUT2D eigenvalue weighted by Crippen LogP contribution is -2.40. The zero-order chi connectivity index (χ0) is 13.2. The number of rotatable bonds is 3. The van der Waals surface area contributed by atoms with Crippen LogP contribution in [0, 0.1) is 0 Å². The van der Waals surface area contributed by atoms with E-state index in [4.69, 9.17) is 0 Å². The van der Waals surface area contributed by atoms with Crippen LogP contribution in [0.25, 0.3) is 5.65 Å². The molecule has 1 atom stereocenters. The van der Waals surface area contributed by atoms with Crippen LogP contribution in [-0.2, 0) is 0 Å². The Kier molecular flexibility index (Phi) is 3.21. The van der Waals surface area contributed by atoms with Crippen LogP contribution >= 0.6 is 0 Å². The van der Waals surface area contributed by atoms with Crippen LogP contribution < -0.4 is 5.32 Å². The van der Waals surface area contributed by atoms with Crippen molar-refractivity contribution in [3.05, 3.63) is 36.3 Å². The van der Waals surface area contributed by atoms with Crippen LogP contribution in [0.15, 0.2) is 30.7 Å². The standard InChI is InChI=1S/C14H18N4O/c1-15-9-12-3-2-7-18(12)14(19)11-4-5-13-16-6-8-17(13)10-11/h4-6,8,10,12,15H,2-3,7,9H2,1H3/t12-/m0/s1. The molecule has 2 aromatic heterocycles. The second kappa shape index (κ2) is 5.01. The summed E-state index contributed by atoms with van der Waals surface area (Å²) >= 11 is 0. The van der Waals surface area contributed by atoms with Gasteiger partial charge in [0.2, 0.25) is 0 Å². The van der Waals surface area contributed by atoms with E-state index in [1.54, 1.807) is 6.20 Å². The fourth-order valence-corrected chi connectivity index (χ4v) is 2.76. The molecule has 1 aliphatic heterocycles. The van der Waals surface area contributed by atoms with E-state index in [0.717, 1.165) is 37.1 Å². The average Bonchev–Trinajstić information content (AvgIpc) is 3.05. The number of nitrogens with one attached hydrogen (secondary N) is 1. The molecule has 0 aliphatic carbocycles. The lowest BCUT2D eigenvalue weighted by molar-refractivity contribution is 0.0736. The first-order valence-electron chi connectivity index (χ1n) is 6.68. The van der Waals surface area contributed by atoms with E-state index in [2.05, 4.69) is 10.3 Å². The Morgan fingerprint density at radius 2 is 2.42 bits per heavy atom. The largest absolute Gasteiger partial charge is 0.334 e. The molecule has 19 heavy (non-hydrogen) atoms. The SMILES string of the molecule is CNC[C@@H]1CCCN1C(=O)c1ccc2nccn2c1. The van der Waals surface area contributed by atoms with Gasteiger partial charge in [0.15, 0.2) is 0 Å². The summed E-state index contributed by atoms with van der Waals surface area (Å²) in [4.78, 5) is 18.7. The molecule has 0 radical (unpaired) electrons. The predicted molar refractivity (Wildman–Crippen MR) is 73.2 cm³/mol. The van der Waals surface area contributed by atoms with Crippen LogP contribution in [0.3, 0.4) is 0 Å². The molecule has 5 nitrogen and oxygen atoms in total. The quantitative estimate of drug-likeness (QED) is 0.898. The minimum Gasteiger partial charge on any atom is -0.334 e. The smallest absolute Gasteiger partial charge is 0.255 e. The summed E-state index contributed by atoms with van der Waals surface area (Å²) in [5.41, 5.74) is 1.60. The Hall–Kier alpha value is -1.88. The second-order valence-corrected chi connectivity index (χ2v) is 4.96. The molecule has 1 saturated heterocycles. The Labute approximate surface area is 112 Å². The number of likely N-dealkylation sites (N-methyl/N-ethyl adjacent to an activating group) is 1. The first kappa shape index (κ1) is 12.2. The van der Waals surface area contributed by atoms with Gasteiger partial charge in [0.1, 0.15) is 5.65 Å². The van der Waals surface area contributed by atoms with E-state index in [0.29, 0.717) is 6.04 Å². The van der Waals surface area contributed by atoms with Crippen molar-refractivity contribution in [2.24, 2.45) is 0 Å². The van der Waals surface area contributed by atoms with Crippen molar-refractivity contribution in [2.75, 3.05) is 20.1 Å². The summed E-state index contributed by atoms with van der Waals surface area (Å²) in [7, 11) is 1.93. The number of hydrogen-bond donors (Lipinski definition) is 1. The molecule has 0 unspecified atom stereocenters. The molecule has 1 amide bonds. The summed E-state index contributed by atoms with van der Waals surface area (Å²) in [6.45, 7) is 1.71. The van der Waals surface area contributed by atoms with Crippen LogP contribution in [0.2, 0.25) is 0 Å². The van der Waals surface area contributed by atoms with E-state index in [9.17, 15) is 4.79 Å². The van der Waals surface area contributed by atoms with Gasteiger partial charge in [-0.3, -0.25) is 4.79 Å². The lowest BCUT2D eigenvalue weighted by atomic mass is 10.2. The highest BCUT2D eigenvalue weighted by molar-refractivity contribution is 5.94. The maximum atomic E-state index is 12.6. The van der Waals surface area contributed by atoms with Crippen LogP contribution in [0.4, 0.5) is 0 Å². The van der Waals surface area contributed by atoms with E-state index in [1.807, 2.05) is 40.9 Å². The van der Waals surface area contributed by atoms with Crippen molar-refractivity contribution in [1.82, 2.24) is 19.6 Å². The van der Waals surface area contributed by atoms with Gasteiger partial charge in [0, 0.05) is 37.7 Å². The van der Waals surface area contributed by atoms with Gasteiger partial charge in [0.25, 0.3) is 5.91 Å². The Bertz CT molecular complexity index is 592. The monoisotopic (exact) mass is 258 g/mol. The number of imidazole rings is 1. The second-order valence-electron chi connectivity index (χ2n) is 4.96. The van der Waals surface area contributed by atoms with E-state index in [-0.39, 0.29) is 5.91 Å². The van der Waals surface area contributed by atoms with Crippen molar-refractivity contribution >= 4 is 11.6 Å². The number of pyridine rings is 1. The lowest BCUT2D eigenvalue weighted by Gasteiger charge is -2.24. The van der Waals surface area contributed by atoms with Gasteiger partial charge in [-0.05, 0) is 32.0 Å². The van der Waals surface area contributed by atoms with E-state index in [1.165, 1.54) is 0 Å². The number of amides is 1. The Morgan fingerprint density at radius 3 is 3.26 bits per heavy atom. The van der Waals surface area contributed by atoms with Gasteiger partial charge in [-0.15, -0.1) is 0 Å². The van der Waals surface area contributed by atoms with Crippen molar-refractivity contribution in [1.29, 1.82) is 0 Å². The average molecular weight is 258 g/mol. The van der Waals surface area contributed by atoms with Crippen molar-refractivity contribution < 1.29 is 4.79 Å². The molecule has 1 fully saturated rings. The van der Waals surface area contributed by atoms with Crippen molar-refractivity contribution in [3.8, 4) is 0 Å². The number of fused-ring (bicyclic) bond motifs is 1. The van der Waals surface area contributed by atoms with E-state index < -0.39 is 0 Å². The van der Waals surface area contributed by atoms with Gasteiger partial charge in [-0.2, -0.15) is 0 Å². The Morgan fingerprint density at radius 1 is 1.53 bits per heavy atom. The van der Waals surface area contributed by atoms with Crippen molar-refractivity contribution in [2.45, 2.75) is 18.9 Å². The minimum atomic E-state index is 0.119. The zero-order valence-corrected chi connectivity index (χ0v) is 11.0. The topological polar surface area (TPSA) is 49.6 Å². The predicted octanol–water partition coefficient (Wildman–Crippen LogP) is 1.16. The minimum absolute atomic E-state index is 0.119. The molecule has 0 saturated carbocycles. The normalized spacial score (nSPS) is 19.2. The first-order valence-corrected chi connectivity index (χ1v) is 6.68. The van der Waals surface area contributed by atoms with Gasteiger partial charge >= 0.3 is 0 Å². The highest BCUT2D eigenvalue weighted by Gasteiger charge is 2.28. The first-order chi connectivity index (χ1) is 9.29. The molecular formula is C14H18N4O. The van der Waals surface area contributed by atoms with Gasteiger partial charge < -0.3 is 14.6 Å². The molecule has 0 aromatic carbocycles. The molecule has 1 N–H and O–H groups in total. The van der Waals surface area contributed by atoms with Crippen LogP contribution in [0.5, 0.6) is 0 Å². The molecular weight excluding hydrogens is 240 g/mol. The molecule has 100 valence electrons. The summed E-state index contributed by atoms with van der Waals surface area (Å²) in [5, 5.41) is 3.16. The molecule has 0 spiro atoms. The van der Waals surface area contributed by atoms with Crippen LogP contribution in [-0.4, -0.2) is 46.4 Å². The van der Waals surface area contributed by atoms with Gasteiger partial charge in [0.05, 0.1) is 5.56 Å². The Balaban J connectivity index is 1.86. The third-order valence-electron chi connectivity index (χ3n) is 3.71. The molecule has 3 heterocycles. The summed E-state index contributed by atoms with van der Waals surface area (Å²) in [6, 6.07) is 4.06. The highest BCUT2D eigenvalue weighted by atomic mass is 16.2. The summed E-state index contributed by atoms with van der Waals surface area (Å²) in [6.07, 6.45) is 7.63. The fourth-order valence-electron chi connectivity index (χ4n) is 2.76. The maximum absolute atomic E-state index is 12.6. The molecule has 2 aromatic rings. The molecule has 5 heteroatoms. The number of aromatic nitrogens is 2. The van der Waals surface area contributed by atoms with Gasteiger partial charge in [-0.25, -0.2) is 4.98 Å². The maximum Gasteiger partial charge on any atom is 0.255 e. The van der Waals surface area contributed by atoms with Crippen LogP contribution in [0.1, 0.15) is 23.2 Å². The number of carbonyl (C=O) groups is 1. The van der Waals surface area contributed by atoms with Gasteiger partial charge in [-0.1, -0.05) is 0 Å². The van der Waals surface area contributed by atoms with E-state index >= 15 is 0 Å². The third kappa shape index (κ3) is 2.21. The number of nitrogens with zero attached hydrogens (tertiary/aromatic N) is 3. The number of likely N-dealkylation sites (tertiary alicyclic amines) is 1. The fraction of sp³-hybridized carbons (Fsp3) is 0.429. The summed E-state index contributed by atoms with van der Waals surface area (Å²) < 4.78 is 1.89. The number of carbonyl (C=O) groups excluding carboxylic acids is 1. The molecule has 3 rings (SSSR count). The molecule has 1 aliphatic rings. The molecule has 0 bridgehead atoms. The highest BCUT2D eigenvalue weighted by Crippen LogP contribution is 2.19. The third-order valence-corrected chi connectivity index (χ3v) is 3.71. The zero-order valence-electron chi connectivity index (χ0n) is 11.0. The summed E-state index contributed by atoms with van der Waals surface area (Å²) in [5.74, 6) is 0.119. The van der Waals surface area contributed by atoms with Crippen molar-refractivity contribution in [3.63, 3.8) is 0 Å².